The molecule has 1 saturated carbocycles. The van der Waals surface area contributed by atoms with Gasteiger partial charge in [-0.15, -0.1) is 0 Å². The van der Waals surface area contributed by atoms with E-state index in [2.05, 4.69) is 15.1 Å². The maximum absolute atomic E-state index is 17.2. The molecule has 256 valence electrons. The summed E-state index contributed by atoms with van der Waals surface area (Å²) in [5.74, 6) is -0.496. The second-order valence-electron chi connectivity index (χ2n) is 14.6. The van der Waals surface area contributed by atoms with E-state index in [-0.39, 0.29) is 64.1 Å². The molecule has 4 atom stereocenters. The number of aryl methyl sites for hydroxylation is 1. The molecular formula is C37H39F3N6O3. The molecule has 5 aliphatic rings. The molecule has 49 heavy (non-hydrogen) atoms. The van der Waals surface area contributed by atoms with E-state index < -0.39 is 11.6 Å². The van der Waals surface area contributed by atoms with Gasteiger partial charge >= 0.3 is 6.01 Å². The summed E-state index contributed by atoms with van der Waals surface area (Å²) in [7, 11) is 0. The zero-order valence-corrected chi connectivity index (χ0v) is 27.6. The van der Waals surface area contributed by atoms with Crippen molar-refractivity contribution in [3.05, 3.63) is 53.4 Å². The molecule has 2 aromatic heterocycles. The Labute approximate surface area is 282 Å². The Hall–Kier alpha value is -4.16. The fourth-order valence-electron chi connectivity index (χ4n) is 8.75. The topological polar surface area (TPSA) is 95.9 Å². The van der Waals surface area contributed by atoms with E-state index in [1.54, 1.807) is 12.1 Å². The summed E-state index contributed by atoms with van der Waals surface area (Å²) >= 11 is 0. The third-order valence-corrected chi connectivity index (χ3v) is 11.3. The van der Waals surface area contributed by atoms with Gasteiger partial charge in [0.2, 0.25) is 5.88 Å². The van der Waals surface area contributed by atoms with E-state index >= 15 is 8.78 Å². The zero-order chi connectivity index (χ0) is 33.6. The normalized spacial score (nSPS) is 26.3. The first-order valence-corrected chi connectivity index (χ1v) is 17.4. The van der Waals surface area contributed by atoms with Crippen molar-refractivity contribution in [2.24, 2.45) is 5.41 Å². The Kier molecular flexibility index (Phi) is 7.21. The van der Waals surface area contributed by atoms with Gasteiger partial charge in [-0.2, -0.15) is 9.97 Å². The number of anilines is 1. The van der Waals surface area contributed by atoms with E-state index in [0.717, 1.165) is 57.1 Å². The molecule has 4 aromatic rings. The number of piperazine rings is 1. The van der Waals surface area contributed by atoms with Crippen molar-refractivity contribution in [3.8, 4) is 28.9 Å². The van der Waals surface area contributed by atoms with E-state index in [4.69, 9.17) is 24.4 Å². The van der Waals surface area contributed by atoms with Crippen LogP contribution in [0.25, 0.3) is 32.9 Å². The van der Waals surface area contributed by atoms with Crippen molar-refractivity contribution in [2.75, 3.05) is 37.7 Å². The lowest BCUT2D eigenvalue weighted by Crippen LogP contribution is -2.62. The van der Waals surface area contributed by atoms with Crippen molar-refractivity contribution in [1.29, 1.82) is 0 Å². The number of phenolic OH excluding ortho intramolecular Hbond substituents is 1. The van der Waals surface area contributed by atoms with Crippen molar-refractivity contribution in [2.45, 2.75) is 76.6 Å². The van der Waals surface area contributed by atoms with Gasteiger partial charge in [0.15, 0.2) is 5.82 Å². The fraction of sp³-hybridized carbons (Fsp3) is 0.486. The minimum atomic E-state index is -0.720. The lowest BCUT2D eigenvalue weighted by Gasteiger charge is -2.42. The van der Waals surface area contributed by atoms with Gasteiger partial charge < -0.3 is 24.8 Å². The van der Waals surface area contributed by atoms with E-state index in [0.29, 0.717) is 53.7 Å². The highest BCUT2D eigenvalue weighted by Gasteiger charge is 2.48. The number of rotatable bonds is 7. The van der Waals surface area contributed by atoms with Crippen LogP contribution in [0.4, 0.5) is 19.0 Å². The molecule has 9 rings (SSSR count). The predicted octanol–water partition coefficient (Wildman–Crippen LogP) is 6.20. The van der Waals surface area contributed by atoms with Gasteiger partial charge in [0.05, 0.1) is 19.0 Å². The average molecular weight is 673 g/mol. The number of benzene rings is 2. The Morgan fingerprint density at radius 2 is 2.00 bits per heavy atom. The maximum atomic E-state index is 17.2. The molecule has 4 aliphatic heterocycles. The third kappa shape index (κ3) is 5.09. The summed E-state index contributed by atoms with van der Waals surface area (Å²) in [5, 5.41) is 15.9. The van der Waals surface area contributed by atoms with Crippen molar-refractivity contribution in [1.82, 2.24) is 25.2 Å². The van der Waals surface area contributed by atoms with Crippen molar-refractivity contribution in [3.63, 3.8) is 0 Å². The summed E-state index contributed by atoms with van der Waals surface area (Å²) in [6.07, 6.45) is 5.45. The molecule has 4 fully saturated rings. The molecule has 0 unspecified atom stereocenters. The molecular weight excluding hydrogens is 633 g/mol. The van der Waals surface area contributed by atoms with Gasteiger partial charge in [-0.25, -0.2) is 18.2 Å². The fourth-order valence-corrected chi connectivity index (χ4v) is 8.75. The molecule has 2 aromatic carbocycles. The van der Waals surface area contributed by atoms with Gasteiger partial charge in [0.1, 0.15) is 40.1 Å². The van der Waals surface area contributed by atoms with Gasteiger partial charge in [-0.3, -0.25) is 4.90 Å². The molecule has 0 amide bonds. The minimum absolute atomic E-state index is 0.00629. The second kappa shape index (κ2) is 11.4. The smallest absolute Gasteiger partial charge is 0.319 e. The van der Waals surface area contributed by atoms with Crippen molar-refractivity contribution < 1.29 is 27.8 Å². The lowest BCUT2D eigenvalue weighted by atomic mass is 9.94. The Morgan fingerprint density at radius 3 is 2.78 bits per heavy atom. The van der Waals surface area contributed by atoms with Crippen LogP contribution in [0.2, 0.25) is 0 Å². The number of fused-ring (bicyclic) bond motifs is 6. The molecule has 2 bridgehead atoms. The number of ether oxygens (including phenoxy) is 2. The zero-order valence-electron chi connectivity index (χ0n) is 27.6. The number of hydrogen-bond acceptors (Lipinski definition) is 9. The number of aromatic nitrogens is 3. The van der Waals surface area contributed by atoms with Crippen LogP contribution in [0, 0.1) is 17.0 Å². The summed E-state index contributed by atoms with van der Waals surface area (Å²) in [6.45, 7) is 7.08. The number of nitrogens with one attached hydrogen (secondary N) is 1. The van der Waals surface area contributed by atoms with Crippen LogP contribution in [-0.4, -0.2) is 82.0 Å². The number of likely N-dealkylation sites (tertiary alicyclic amines) is 1. The number of phenols is 1. The molecule has 9 nitrogen and oxygen atoms in total. The molecule has 1 aliphatic carbocycles. The number of pyridine rings is 1. The minimum Gasteiger partial charge on any atom is -0.508 e. The summed E-state index contributed by atoms with van der Waals surface area (Å²) < 4.78 is 58.5. The average Bonchev–Trinajstić information content (AvgIpc) is 3.57. The monoisotopic (exact) mass is 672 g/mol. The van der Waals surface area contributed by atoms with Crippen LogP contribution in [0.1, 0.15) is 51.5 Å². The maximum Gasteiger partial charge on any atom is 0.319 e. The molecule has 2 N–H and O–H groups in total. The number of halogens is 3. The van der Waals surface area contributed by atoms with Crippen LogP contribution < -0.4 is 19.7 Å². The Balaban J connectivity index is 1.19. The number of hydrogen-bond donors (Lipinski definition) is 2. The summed E-state index contributed by atoms with van der Waals surface area (Å²) in [4.78, 5) is 18.9. The SMILES string of the molecule is CCc1c(F)ccc2cc(O)cc(-c3nc4c5c(nc(OCC6(CN7CCC(=CF)C7)CC6)nc5c3F)N3C[C@H]5CC[C@H](N5)[C@H]3[C@H](C)O4)c12. The van der Waals surface area contributed by atoms with Crippen LogP contribution in [0.5, 0.6) is 17.6 Å². The van der Waals surface area contributed by atoms with E-state index in [1.165, 1.54) is 12.1 Å². The first-order chi connectivity index (χ1) is 23.7. The number of nitrogens with zero attached hydrogens (tertiary/aromatic N) is 5. The standard InChI is InChI=1S/C37H39F3N6O3/c1-3-24-26(39)6-4-21-12-23(47)13-25(28(21)24)31-30(40)32-29-34(46-16-22-5-7-27(41-22)33(46)19(2)49-35(29)42-31)44-36(43-32)48-18-37(9-10-37)17-45-11-8-20(14-38)15-45/h4,6,12-14,19,22,27,33,41,47H,3,5,7-11,15-18H2,1-2H3/t19-,22+,27-,33+/m0/s1. The van der Waals surface area contributed by atoms with Gasteiger partial charge in [-0.05, 0) is 85.6 Å². The first kappa shape index (κ1) is 30.9. The Bertz CT molecular complexity index is 2040. The van der Waals surface area contributed by atoms with Gasteiger partial charge in [0, 0.05) is 49.2 Å². The highest BCUT2D eigenvalue weighted by atomic mass is 19.1. The van der Waals surface area contributed by atoms with Crippen LogP contribution in [0.15, 0.2) is 36.2 Å². The van der Waals surface area contributed by atoms with Gasteiger partial charge in [-0.1, -0.05) is 13.0 Å². The van der Waals surface area contributed by atoms with Crippen molar-refractivity contribution >= 4 is 27.5 Å². The molecule has 3 saturated heterocycles. The van der Waals surface area contributed by atoms with E-state index in [1.807, 2.05) is 13.8 Å². The highest BCUT2D eigenvalue weighted by molar-refractivity contribution is 6.03. The third-order valence-electron chi connectivity index (χ3n) is 11.3. The van der Waals surface area contributed by atoms with E-state index in [9.17, 15) is 9.50 Å². The Morgan fingerprint density at radius 1 is 1.14 bits per heavy atom. The molecule has 0 radical (unpaired) electrons. The van der Waals surface area contributed by atoms with Gasteiger partial charge in [0.25, 0.3) is 0 Å². The number of aromatic hydroxyl groups is 1. The molecule has 12 heteroatoms. The highest BCUT2D eigenvalue weighted by Crippen LogP contribution is 2.49. The predicted molar refractivity (Wildman–Crippen MR) is 180 cm³/mol. The first-order valence-electron chi connectivity index (χ1n) is 17.4. The van der Waals surface area contributed by atoms with Crippen LogP contribution >= 0.6 is 0 Å². The summed E-state index contributed by atoms with van der Waals surface area (Å²) in [5.41, 5.74) is 1.29. The van der Waals surface area contributed by atoms with Crippen LogP contribution in [-0.2, 0) is 6.42 Å². The van der Waals surface area contributed by atoms with Crippen LogP contribution in [0.3, 0.4) is 0 Å². The summed E-state index contributed by atoms with van der Waals surface area (Å²) in [6, 6.07) is 6.32. The molecule has 6 heterocycles. The quantitative estimate of drug-likeness (QED) is 0.238. The second-order valence-corrected chi connectivity index (χ2v) is 14.6. The molecule has 0 spiro atoms. The lowest BCUT2D eigenvalue weighted by molar-refractivity contribution is 0.154. The largest absolute Gasteiger partial charge is 0.508 e.